The third kappa shape index (κ3) is 6.95. The lowest BCUT2D eigenvalue weighted by Gasteiger charge is -2.32. The van der Waals surface area contributed by atoms with Gasteiger partial charge in [-0.1, -0.05) is 49.4 Å². The number of carbonyl (C=O) groups excluding carboxylic acids is 3. The topological polar surface area (TPSA) is 78.5 Å². The molecule has 1 aliphatic heterocycles. The van der Waals surface area contributed by atoms with Crippen LogP contribution in [0, 0.1) is 5.92 Å². The van der Waals surface area contributed by atoms with E-state index in [-0.39, 0.29) is 23.6 Å². The quantitative estimate of drug-likeness (QED) is 0.685. The van der Waals surface area contributed by atoms with E-state index in [1.54, 1.807) is 0 Å². The molecule has 1 fully saturated rings. The summed E-state index contributed by atoms with van der Waals surface area (Å²) in [6.45, 7) is 3.58. The Hall–Kier alpha value is -3.15. The van der Waals surface area contributed by atoms with Crippen molar-refractivity contribution in [3.05, 3.63) is 65.7 Å². The summed E-state index contributed by atoms with van der Waals surface area (Å²) in [5, 5.41) is 5.85. The molecular formula is C25H31N3O3. The second-order valence-corrected chi connectivity index (χ2v) is 8.05. The van der Waals surface area contributed by atoms with Crippen LogP contribution in [0.5, 0.6) is 0 Å². The standard InChI is InChI=1S/C25H31N3O3/c1-2-7-23(29)27-22-13-11-20(12-14-22)17-26-25(31)21-10-6-15-28(18-21)24(30)16-19-8-4-3-5-9-19/h3-5,8-9,11-14,21H,2,6-7,10,15-18H2,1H3,(H,26,31)(H,27,29). The van der Waals surface area contributed by atoms with Gasteiger partial charge in [0.1, 0.15) is 0 Å². The van der Waals surface area contributed by atoms with Gasteiger partial charge in [-0.25, -0.2) is 0 Å². The van der Waals surface area contributed by atoms with Gasteiger partial charge in [0.25, 0.3) is 0 Å². The van der Waals surface area contributed by atoms with Crippen LogP contribution in [-0.2, 0) is 27.3 Å². The minimum Gasteiger partial charge on any atom is -0.352 e. The summed E-state index contributed by atoms with van der Waals surface area (Å²) in [4.78, 5) is 38.8. The van der Waals surface area contributed by atoms with E-state index in [0.717, 1.165) is 36.1 Å². The third-order valence-corrected chi connectivity index (χ3v) is 5.52. The van der Waals surface area contributed by atoms with Crippen LogP contribution in [0.2, 0.25) is 0 Å². The van der Waals surface area contributed by atoms with Gasteiger partial charge in [0.05, 0.1) is 12.3 Å². The number of benzene rings is 2. The molecule has 1 atom stereocenters. The number of likely N-dealkylation sites (tertiary alicyclic amines) is 1. The Morgan fingerprint density at radius 2 is 1.74 bits per heavy atom. The molecule has 0 radical (unpaired) electrons. The van der Waals surface area contributed by atoms with Gasteiger partial charge in [0, 0.05) is 31.7 Å². The van der Waals surface area contributed by atoms with Crippen molar-refractivity contribution in [1.82, 2.24) is 10.2 Å². The van der Waals surface area contributed by atoms with E-state index in [4.69, 9.17) is 0 Å². The van der Waals surface area contributed by atoms with Crippen molar-refractivity contribution >= 4 is 23.4 Å². The van der Waals surface area contributed by atoms with Gasteiger partial charge in [-0.2, -0.15) is 0 Å². The lowest BCUT2D eigenvalue weighted by atomic mass is 9.96. The summed E-state index contributed by atoms with van der Waals surface area (Å²) >= 11 is 0. The molecule has 3 rings (SSSR count). The van der Waals surface area contributed by atoms with Gasteiger partial charge < -0.3 is 15.5 Å². The zero-order valence-corrected chi connectivity index (χ0v) is 18.1. The number of rotatable bonds is 8. The highest BCUT2D eigenvalue weighted by molar-refractivity contribution is 5.90. The zero-order chi connectivity index (χ0) is 22.1. The average molecular weight is 422 g/mol. The lowest BCUT2D eigenvalue weighted by Crippen LogP contribution is -2.45. The second kappa shape index (κ2) is 11.3. The number of hydrogen-bond donors (Lipinski definition) is 2. The van der Waals surface area contributed by atoms with Gasteiger partial charge in [0.15, 0.2) is 0 Å². The zero-order valence-electron chi connectivity index (χ0n) is 18.1. The van der Waals surface area contributed by atoms with Gasteiger partial charge in [0.2, 0.25) is 17.7 Å². The molecule has 0 aliphatic carbocycles. The number of piperidine rings is 1. The Balaban J connectivity index is 1.46. The van der Waals surface area contributed by atoms with Crippen molar-refractivity contribution in [2.75, 3.05) is 18.4 Å². The molecule has 1 unspecified atom stereocenters. The maximum absolute atomic E-state index is 12.7. The van der Waals surface area contributed by atoms with Gasteiger partial charge in [-0.3, -0.25) is 14.4 Å². The van der Waals surface area contributed by atoms with E-state index in [2.05, 4.69) is 10.6 Å². The van der Waals surface area contributed by atoms with E-state index in [0.29, 0.717) is 32.5 Å². The molecule has 1 heterocycles. The summed E-state index contributed by atoms with van der Waals surface area (Å²) in [5.74, 6) is -0.116. The fourth-order valence-electron chi connectivity index (χ4n) is 3.79. The summed E-state index contributed by atoms with van der Waals surface area (Å²) < 4.78 is 0. The molecule has 0 bridgehead atoms. The Kier molecular flexibility index (Phi) is 8.21. The lowest BCUT2D eigenvalue weighted by molar-refractivity contribution is -0.135. The highest BCUT2D eigenvalue weighted by Crippen LogP contribution is 2.18. The number of hydrogen-bond acceptors (Lipinski definition) is 3. The molecule has 0 saturated carbocycles. The Morgan fingerprint density at radius 3 is 2.45 bits per heavy atom. The number of anilines is 1. The highest BCUT2D eigenvalue weighted by Gasteiger charge is 2.28. The van der Waals surface area contributed by atoms with E-state index >= 15 is 0 Å². The van der Waals surface area contributed by atoms with Crippen LogP contribution in [0.25, 0.3) is 0 Å². The number of carbonyl (C=O) groups is 3. The number of nitrogens with one attached hydrogen (secondary N) is 2. The second-order valence-electron chi connectivity index (χ2n) is 8.05. The molecule has 1 aliphatic rings. The third-order valence-electron chi connectivity index (χ3n) is 5.52. The van der Waals surface area contributed by atoms with Crippen molar-refractivity contribution in [3.8, 4) is 0 Å². The SMILES string of the molecule is CCCC(=O)Nc1ccc(CNC(=O)C2CCCN(C(=O)Cc3ccccc3)C2)cc1. The molecule has 164 valence electrons. The molecular weight excluding hydrogens is 390 g/mol. The molecule has 1 saturated heterocycles. The molecule has 2 aromatic rings. The van der Waals surface area contributed by atoms with Crippen molar-refractivity contribution in [2.24, 2.45) is 5.92 Å². The first-order valence-electron chi connectivity index (χ1n) is 11.0. The summed E-state index contributed by atoms with van der Waals surface area (Å²) in [6, 6.07) is 17.2. The highest BCUT2D eigenvalue weighted by atomic mass is 16.2. The Morgan fingerprint density at radius 1 is 1.00 bits per heavy atom. The van der Waals surface area contributed by atoms with Crippen molar-refractivity contribution < 1.29 is 14.4 Å². The summed E-state index contributed by atoms with van der Waals surface area (Å²) in [5.41, 5.74) is 2.72. The van der Waals surface area contributed by atoms with Crippen LogP contribution in [-0.4, -0.2) is 35.7 Å². The molecule has 0 spiro atoms. The van der Waals surface area contributed by atoms with Crippen molar-refractivity contribution in [2.45, 2.75) is 45.6 Å². The number of nitrogens with zero attached hydrogens (tertiary/aromatic N) is 1. The normalized spacial score (nSPS) is 15.9. The largest absolute Gasteiger partial charge is 0.352 e. The summed E-state index contributed by atoms with van der Waals surface area (Å²) in [7, 11) is 0. The molecule has 6 nitrogen and oxygen atoms in total. The first-order valence-corrected chi connectivity index (χ1v) is 11.0. The maximum Gasteiger partial charge on any atom is 0.227 e. The Bertz CT molecular complexity index is 881. The van der Waals surface area contributed by atoms with E-state index in [1.165, 1.54) is 0 Å². The van der Waals surface area contributed by atoms with Gasteiger partial charge >= 0.3 is 0 Å². The number of amides is 3. The van der Waals surface area contributed by atoms with Crippen molar-refractivity contribution in [1.29, 1.82) is 0 Å². The van der Waals surface area contributed by atoms with Crippen LogP contribution in [0.15, 0.2) is 54.6 Å². The van der Waals surface area contributed by atoms with E-state index in [9.17, 15) is 14.4 Å². The molecule has 2 aromatic carbocycles. The maximum atomic E-state index is 12.7. The molecule has 6 heteroatoms. The Labute approximate surface area is 184 Å². The van der Waals surface area contributed by atoms with Crippen LogP contribution in [0.3, 0.4) is 0 Å². The predicted octanol–water partition coefficient (Wildman–Crippen LogP) is 3.52. The van der Waals surface area contributed by atoms with Gasteiger partial charge in [-0.05, 0) is 42.5 Å². The van der Waals surface area contributed by atoms with Crippen LogP contribution in [0.4, 0.5) is 5.69 Å². The fourth-order valence-corrected chi connectivity index (χ4v) is 3.79. The predicted molar refractivity (Wildman–Crippen MR) is 121 cm³/mol. The molecule has 3 amide bonds. The summed E-state index contributed by atoms with van der Waals surface area (Å²) in [6.07, 6.45) is 3.32. The molecule has 2 N–H and O–H groups in total. The minimum atomic E-state index is -0.180. The van der Waals surface area contributed by atoms with Gasteiger partial charge in [-0.15, -0.1) is 0 Å². The first-order chi connectivity index (χ1) is 15.0. The minimum absolute atomic E-state index is 0.00668. The smallest absolute Gasteiger partial charge is 0.227 e. The van der Waals surface area contributed by atoms with Crippen LogP contribution >= 0.6 is 0 Å². The molecule has 0 aromatic heterocycles. The van der Waals surface area contributed by atoms with E-state index < -0.39 is 0 Å². The van der Waals surface area contributed by atoms with E-state index in [1.807, 2.05) is 66.4 Å². The monoisotopic (exact) mass is 421 g/mol. The first kappa shape index (κ1) is 22.5. The average Bonchev–Trinajstić information content (AvgIpc) is 2.79. The molecule has 31 heavy (non-hydrogen) atoms. The fraction of sp³-hybridized carbons (Fsp3) is 0.400. The van der Waals surface area contributed by atoms with Crippen LogP contribution < -0.4 is 10.6 Å². The van der Waals surface area contributed by atoms with Crippen LogP contribution in [0.1, 0.15) is 43.7 Å². The van der Waals surface area contributed by atoms with Crippen molar-refractivity contribution in [3.63, 3.8) is 0 Å².